The first-order valence-electron chi connectivity index (χ1n) is 9.68. The van der Waals surface area contributed by atoms with Crippen molar-refractivity contribution in [3.05, 3.63) is 65.7 Å². The number of rotatable bonds is 9. The van der Waals surface area contributed by atoms with Crippen LogP contribution < -0.4 is 10.1 Å². The summed E-state index contributed by atoms with van der Waals surface area (Å²) in [5.74, 6) is 0.679. The lowest BCUT2D eigenvalue weighted by Crippen LogP contribution is -2.46. The van der Waals surface area contributed by atoms with Gasteiger partial charge >= 0.3 is 0 Å². The van der Waals surface area contributed by atoms with Crippen molar-refractivity contribution >= 4 is 0 Å². The highest BCUT2D eigenvalue weighted by atomic mass is 16.5. The maximum atomic E-state index is 11.2. The number of para-hydroxylation sites is 1. The molecule has 5 nitrogen and oxygen atoms in total. The zero-order valence-electron chi connectivity index (χ0n) is 15.9. The lowest BCUT2D eigenvalue weighted by atomic mass is 9.98. The van der Waals surface area contributed by atoms with Crippen LogP contribution >= 0.6 is 0 Å². The van der Waals surface area contributed by atoms with E-state index in [1.807, 2.05) is 54.6 Å². The number of methoxy groups -OCH3 is 1. The van der Waals surface area contributed by atoms with E-state index in [4.69, 9.17) is 4.74 Å². The van der Waals surface area contributed by atoms with Crippen LogP contribution in [0.1, 0.15) is 36.1 Å². The van der Waals surface area contributed by atoms with E-state index in [0.29, 0.717) is 5.75 Å². The van der Waals surface area contributed by atoms with E-state index in [9.17, 15) is 10.2 Å². The van der Waals surface area contributed by atoms with Gasteiger partial charge in [0.15, 0.2) is 0 Å². The summed E-state index contributed by atoms with van der Waals surface area (Å²) in [5, 5.41) is 24.7. The number of nitrogens with zero attached hydrogens (tertiary/aromatic N) is 1. The van der Waals surface area contributed by atoms with Crippen LogP contribution in [0.25, 0.3) is 0 Å². The first-order chi connectivity index (χ1) is 13.2. The summed E-state index contributed by atoms with van der Waals surface area (Å²) in [7, 11) is 1.62. The van der Waals surface area contributed by atoms with Gasteiger partial charge in [-0.25, -0.2) is 0 Å². The van der Waals surface area contributed by atoms with E-state index in [0.717, 1.165) is 30.8 Å². The fourth-order valence-electron chi connectivity index (χ4n) is 3.81. The smallest absolute Gasteiger partial charge is 0.124 e. The van der Waals surface area contributed by atoms with Crippen LogP contribution in [0, 0.1) is 0 Å². The molecule has 3 rings (SSSR count). The monoisotopic (exact) mass is 370 g/mol. The first kappa shape index (κ1) is 19.8. The van der Waals surface area contributed by atoms with Crippen LogP contribution in [0.3, 0.4) is 0 Å². The van der Waals surface area contributed by atoms with Crippen LogP contribution in [0.2, 0.25) is 0 Å². The van der Waals surface area contributed by atoms with Gasteiger partial charge in [-0.05, 0) is 37.6 Å². The molecule has 27 heavy (non-hydrogen) atoms. The van der Waals surface area contributed by atoms with Crippen molar-refractivity contribution in [3.8, 4) is 5.75 Å². The summed E-state index contributed by atoms with van der Waals surface area (Å²) >= 11 is 0. The number of hydrogen-bond donors (Lipinski definition) is 3. The van der Waals surface area contributed by atoms with E-state index < -0.39 is 6.10 Å². The Labute approximate surface area is 161 Å². The average molecular weight is 370 g/mol. The molecular weight excluding hydrogens is 340 g/mol. The van der Waals surface area contributed by atoms with Crippen molar-refractivity contribution in [2.45, 2.75) is 31.0 Å². The highest BCUT2D eigenvalue weighted by Crippen LogP contribution is 2.29. The number of likely N-dealkylation sites (tertiary alicyclic amines) is 1. The predicted molar refractivity (Wildman–Crippen MR) is 107 cm³/mol. The number of benzene rings is 2. The van der Waals surface area contributed by atoms with Gasteiger partial charge in [-0.3, -0.25) is 0 Å². The minimum Gasteiger partial charge on any atom is -0.496 e. The molecule has 1 fully saturated rings. The molecule has 1 saturated heterocycles. The maximum absolute atomic E-state index is 11.2. The van der Waals surface area contributed by atoms with Gasteiger partial charge in [0.1, 0.15) is 5.75 Å². The number of hydrogen-bond acceptors (Lipinski definition) is 5. The van der Waals surface area contributed by atoms with Crippen LogP contribution in [0.5, 0.6) is 5.75 Å². The van der Waals surface area contributed by atoms with Crippen LogP contribution in [-0.2, 0) is 0 Å². The van der Waals surface area contributed by atoms with E-state index in [1.165, 1.54) is 12.8 Å². The number of aliphatic hydroxyl groups excluding tert-OH is 2. The Bertz CT molecular complexity index is 689. The van der Waals surface area contributed by atoms with Crippen LogP contribution in [0.4, 0.5) is 0 Å². The molecule has 0 saturated carbocycles. The Morgan fingerprint density at radius 1 is 1.04 bits per heavy atom. The van der Waals surface area contributed by atoms with Crippen molar-refractivity contribution in [1.29, 1.82) is 0 Å². The molecule has 0 aliphatic carbocycles. The minimum absolute atomic E-state index is 0.0286. The van der Waals surface area contributed by atoms with Crippen molar-refractivity contribution in [3.63, 3.8) is 0 Å². The molecule has 0 unspecified atom stereocenters. The summed E-state index contributed by atoms with van der Waals surface area (Å²) in [5.41, 5.74) is 1.78. The summed E-state index contributed by atoms with van der Waals surface area (Å²) in [6, 6.07) is 17.0. The molecule has 2 aromatic carbocycles. The van der Waals surface area contributed by atoms with Gasteiger partial charge in [-0.15, -0.1) is 0 Å². The van der Waals surface area contributed by atoms with Crippen molar-refractivity contribution < 1.29 is 14.9 Å². The van der Waals surface area contributed by atoms with Gasteiger partial charge in [0.05, 0.1) is 31.9 Å². The second-order valence-corrected chi connectivity index (χ2v) is 7.11. The third kappa shape index (κ3) is 5.08. The Hall–Kier alpha value is -1.92. The fraction of sp³-hybridized carbons (Fsp3) is 0.455. The Morgan fingerprint density at radius 3 is 2.37 bits per heavy atom. The minimum atomic E-state index is -0.737. The van der Waals surface area contributed by atoms with E-state index >= 15 is 0 Å². The number of aliphatic hydroxyl groups is 2. The van der Waals surface area contributed by atoms with Gasteiger partial charge < -0.3 is 25.2 Å². The Kier molecular flexibility index (Phi) is 7.24. The molecular formula is C22H30N2O3. The van der Waals surface area contributed by atoms with E-state index in [-0.39, 0.29) is 18.7 Å². The van der Waals surface area contributed by atoms with Crippen LogP contribution in [-0.4, -0.2) is 54.5 Å². The molecule has 5 heteroatoms. The van der Waals surface area contributed by atoms with Gasteiger partial charge in [0, 0.05) is 12.1 Å². The van der Waals surface area contributed by atoms with Gasteiger partial charge in [0.2, 0.25) is 0 Å². The van der Waals surface area contributed by atoms with Crippen molar-refractivity contribution in [1.82, 2.24) is 10.2 Å². The second-order valence-electron chi connectivity index (χ2n) is 7.11. The average Bonchev–Trinajstić information content (AvgIpc) is 3.24. The number of ether oxygens (including phenoxy) is 1. The molecule has 1 aliphatic heterocycles. The predicted octanol–water partition coefficient (Wildman–Crippen LogP) is 2.52. The SMILES string of the molecule is COc1ccccc1[C@@H](O)[C@@H](CN1CCCC1)N[C@H](CO)c1ccccc1. The lowest BCUT2D eigenvalue weighted by molar-refractivity contribution is 0.0895. The summed E-state index contributed by atoms with van der Waals surface area (Å²) in [6.07, 6.45) is 1.65. The molecule has 3 atom stereocenters. The van der Waals surface area contributed by atoms with Crippen LogP contribution in [0.15, 0.2) is 54.6 Å². The van der Waals surface area contributed by atoms with Gasteiger partial charge in [-0.1, -0.05) is 48.5 Å². The van der Waals surface area contributed by atoms with Crippen molar-refractivity contribution in [2.24, 2.45) is 0 Å². The molecule has 0 spiro atoms. The molecule has 1 heterocycles. The Morgan fingerprint density at radius 2 is 1.70 bits per heavy atom. The normalized spacial score (nSPS) is 18.2. The zero-order valence-corrected chi connectivity index (χ0v) is 15.9. The zero-order chi connectivity index (χ0) is 19.1. The van der Waals surface area contributed by atoms with E-state index in [2.05, 4.69) is 10.2 Å². The molecule has 146 valence electrons. The largest absolute Gasteiger partial charge is 0.496 e. The summed E-state index contributed by atoms with van der Waals surface area (Å²) in [4.78, 5) is 2.37. The quantitative estimate of drug-likeness (QED) is 0.633. The Balaban J connectivity index is 1.83. The second kappa shape index (κ2) is 9.85. The molecule has 0 amide bonds. The molecule has 0 radical (unpaired) electrons. The number of nitrogens with one attached hydrogen (secondary N) is 1. The molecule has 2 aromatic rings. The van der Waals surface area contributed by atoms with Gasteiger partial charge in [0.25, 0.3) is 0 Å². The summed E-state index contributed by atoms with van der Waals surface area (Å²) < 4.78 is 5.45. The maximum Gasteiger partial charge on any atom is 0.124 e. The third-order valence-corrected chi connectivity index (χ3v) is 5.29. The fourth-order valence-corrected chi connectivity index (χ4v) is 3.81. The van der Waals surface area contributed by atoms with Crippen molar-refractivity contribution in [2.75, 3.05) is 33.4 Å². The highest BCUT2D eigenvalue weighted by molar-refractivity contribution is 5.36. The standard InChI is InChI=1S/C22H30N2O3/c1-27-21-12-6-5-11-18(21)22(26)19(15-24-13-7-8-14-24)23-20(16-25)17-9-3-2-4-10-17/h2-6,9-12,19-20,22-23,25-26H,7-8,13-16H2,1H3/t19-,20-,22-/m1/s1. The summed E-state index contributed by atoms with van der Waals surface area (Å²) in [6.45, 7) is 2.79. The lowest BCUT2D eigenvalue weighted by Gasteiger charge is -2.32. The first-order valence-corrected chi connectivity index (χ1v) is 9.68. The highest BCUT2D eigenvalue weighted by Gasteiger charge is 2.29. The molecule has 3 N–H and O–H groups in total. The topological polar surface area (TPSA) is 65.0 Å². The van der Waals surface area contributed by atoms with E-state index in [1.54, 1.807) is 7.11 Å². The third-order valence-electron chi connectivity index (χ3n) is 5.29. The molecule has 0 bridgehead atoms. The van der Waals surface area contributed by atoms with Gasteiger partial charge in [-0.2, -0.15) is 0 Å². The molecule has 0 aromatic heterocycles. The molecule has 1 aliphatic rings.